The molecule has 0 aliphatic rings. The summed E-state index contributed by atoms with van der Waals surface area (Å²) in [5.74, 6) is 1.87. The van der Waals surface area contributed by atoms with E-state index >= 15 is 0 Å². The molecule has 0 unspecified atom stereocenters. The van der Waals surface area contributed by atoms with Gasteiger partial charge in [-0.05, 0) is 51.8 Å². The number of hydrogen-bond donors (Lipinski definition) is 2. The minimum Gasteiger partial charge on any atom is -0.508 e. The summed E-state index contributed by atoms with van der Waals surface area (Å²) in [5.41, 5.74) is 5.12. The molecule has 7 nitrogen and oxygen atoms in total. The van der Waals surface area contributed by atoms with Crippen LogP contribution in [0, 0.1) is 13.8 Å². The van der Waals surface area contributed by atoms with E-state index in [9.17, 15) is 5.11 Å². The van der Waals surface area contributed by atoms with E-state index < -0.39 is 0 Å². The topological polar surface area (TPSA) is 80.8 Å². The van der Waals surface area contributed by atoms with Crippen LogP contribution in [0.5, 0.6) is 5.75 Å². The van der Waals surface area contributed by atoms with Crippen LogP contribution in [-0.4, -0.2) is 35.7 Å². The summed E-state index contributed by atoms with van der Waals surface area (Å²) in [6.45, 7) is 9.05. The van der Waals surface area contributed by atoms with Crippen molar-refractivity contribution >= 4 is 16.9 Å². The molecule has 0 saturated heterocycles. The molecule has 4 aromatic rings. The minimum absolute atomic E-state index is 0.281. The molecule has 29 heavy (non-hydrogen) atoms. The van der Waals surface area contributed by atoms with E-state index in [1.54, 1.807) is 12.1 Å². The maximum Gasteiger partial charge on any atom is 0.156 e. The highest BCUT2D eigenvalue weighted by atomic mass is 16.3. The number of aromatic nitrogens is 5. The van der Waals surface area contributed by atoms with Gasteiger partial charge < -0.3 is 15.0 Å². The third-order valence-corrected chi connectivity index (χ3v) is 5.25. The van der Waals surface area contributed by atoms with Gasteiger partial charge >= 0.3 is 0 Å². The first kappa shape index (κ1) is 19.0. The second-order valence-electron chi connectivity index (χ2n) is 7.57. The first-order valence-electron chi connectivity index (χ1n) is 9.84. The Bertz CT molecular complexity index is 1140. The smallest absolute Gasteiger partial charge is 0.156 e. The molecule has 0 aliphatic carbocycles. The number of hydrogen-bond acceptors (Lipinski definition) is 5. The van der Waals surface area contributed by atoms with Gasteiger partial charge in [-0.1, -0.05) is 12.1 Å². The van der Waals surface area contributed by atoms with Gasteiger partial charge in [0.1, 0.15) is 23.4 Å². The SMILES string of the molecule is Cc1ncn(-c2cc3c(ncn3C(C)C)c(NCCc3ccc(O)cc3)n2)c1C. The van der Waals surface area contributed by atoms with E-state index in [4.69, 9.17) is 4.98 Å². The molecule has 1 aromatic carbocycles. The number of fused-ring (bicyclic) bond motifs is 1. The third kappa shape index (κ3) is 3.68. The van der Waals surface area contributed by atoms with Crippen LogP contribution in [0.2, 0.25) is 0 Å². The molecule has 0 fully saturated rings. The Kier molecular flexibility index (Phi) is 4.96. The van der Waals surface area contributed by atoms with Crippen molar-refractivity contribution in [3.63, 3.8) is 0 Å². The summed E-state index contributed by atoms with van der Waals surface area (Å²) >= 11 is 0. The zero-order valence-corrected chi connectivity index (χ0v) is 17.2. The molecule has 0 bridgehead atoms. The number of nitrogens with zero attached hydrogens (tertiary/aromatic N) is 5. The Morgan fingerprint density at radius 2 is 1.83 bits per heavy atom. The fourth-order valence-electron chi connectivity index (χ4n) is 3.39. The molecule has 3 heterocycles. The predicted octanol–water partition coefficient (Wildman–Crippen LogP) is 4.17. The molecule has 3 aromatic heterocycles. The lowest BCUT2D eigenvalue weighted by Crippen LogP contribution is -2.09. The number of phenols is 1. The van der Waals surface area contributed by atoms with Crippen LogP contribution in [0.4, 0.5) is 5.82 Å². The molecule has 0 saturated carbocycles. The van der Waals surface area contributed by atoms with Crippen molar-refractivity contribution in [1.82, 2.24) is 24.1 Å². The molecule has 0 aliphatic heterocycles. The van der Waals surface area contributed by atoms with Gasteiger partial charge in [-0.25, -0.2) is 15.0 Å². The maximum absolute atomic E-state index is 9.44. The second-order valence-corrected chi connectivity index (χ2v) is 7.57. The quantitative estimate of drug-likeness (QED) is 0.516. The van der Waals surface area contributed by atoms with Crippen LogP contribution < -0.4 is 5.32 Å². The van der Waals surface area contributed by atoms with Gasteiger partial charge in [0.05, 0.1) is 17.5 Å². The number of imidazole rings is 2. The van der Waals surface area contributed by atoms with Gasteiger partial charge in [-0.15, -0.1) is 0 Å². The van der Waals surface area contributed by atoms with Crippen LogP contribution in [-0.2, 0) is 6.42 Å². The van der Waals surface area contributed by atoms with Gasteiger partial charge in [0.15, 0.2) is 5.82 Å². The van der Waals surface area contributed by atoms with Crippen LogP contribution in [0.15, 0.2) is 43.0 Å². The van der Waals surface area contributed by atoms with E-state index in [0.29, 0.717) is 12.6 Å². The Hall–Kier alpha value is -3.35. The van der Waals surface area contributed by atoms with Gasteiger partial charge in [-0.3, -0.25) is 4.57 Å². The number of aromatic hydroxyl groups is 1. The first-order valence-corrected chi connectivity index (χ1v) is 9.84. The summed E-state index contributed by atoms with van der Waals surface area (Å²) in [6.07, 6.45) is 4.51. The van der Waals surface area contributed by atoms with Crippen molar-refractivity contribution in [2.75, 3.05) is 11.9 Å². The zero-order chi connectivity index (χ0) is 20.5. The van der Waals surface area contributed by atoms with Gasteiger partial charge in [0.25, 0.3) is 0 Å². The molecular weight excluding hydrogens is 364 g/mol. The molecule has 0 radical (unpaired) electrons. The standard InChI is InChI=1S/C22H26N6O/c1-14(2)27-13-25-21-19(27)11-20(28-12-24-15(3)16(28)4)26-22(21)23-10-9-17-5-7-18(29)8-6-17/h5-8,11-14,29H,9-10H2,1-4H3,(H,23,26). The Morgan fingerprint density at radius 1 is 1.07 bits per heavy atom. The maximum atomic E-state index is 9.44. The van der Waals surface area contributed by atoms with E-state index in [2.05, 4.69) is 39.8 Å². The molecule has 150 valence electrons. The highest BCUT2D eigenvalue weighted by Crippen LogP contribution is 2.26. The fourth-order valence-corrected chi connectivity index (χ4v) is 3.39. The first-order chi connectivity index (χ1) is 13.9. The second kappa shape index (κ2) is 7.58. The number of phenolic OH excluding ortho intramolecular Hbond substituents is 1. The van der Waals surface area contributed by atoms with Gasteiger partial charge in [0.2, 0.25) is 0 Å². The Labute approximate surface area is 170 Å². The normalized spacial score (nSPS) is 11.5. The third-order valence-electron chi connectivity index (χ3n) is 5.25. The van der Waals surface area contributed by atoms with Crippen molar-refractivity contribution in [1.29, 1.82) is 0 Å². The molecule has 7 heteroatoms. The monoisotopic (exact) mass is 390 g/mol. The number of rotatable bonds is 6. The number of pyridine rings is 1. The van der Waals surface area contributed by atoms with Gasteiger partial charge in [-0.2, -0.15) is 0 Å². The number of nitrogens with one attached hydrogen (secondary N) is 1. The molecule has 0 atom stereocenters. The summed E-state index contributed by atoms with van der Waals surface area (Å²) < 4.78 is 4.17. The van der Waals surface area contributed by atoms with Crippen LogP contribution in [0.3, 0.4) is 0 Å². The predicted molar refractivity (Wildman–Crippen MR) is 115 cm³/mol. The summed E-state index contributed by atoms with van der Waals surface area (Å²) in [4.78, 5) is 13.9. The lowest BCUT2D eigenvalue weighted by molar-refractivity contribution is 0.475. The number of anilines is 1. The highest BCUT2D eigenvalue weighted by molar-refractivity contribution is 5.87. The van der Waals surface area contributed by atoms with Crippen molar-refractivity contribution in [3.05, 3.63) is 59.9 Å². The van der Waals surface area contributed by atoms with Crippen molar-refractivity contribution in [2.24, 2.45) is 0 Å². The van der Waals surface area contributed by atoms with E-state index in [-0.39, 0.29) is 5.75 Å². The van der Waals surface area contributed by atoms with Crippen molar-refractivity contribution in [2.45, 2.75) is 40.2 Å². The average Bonchev–Trinajstić information content (AvgIpc) is 3.27. The molecule has 0 amide bonds. The Balaban J connectivity index is 1.69. The average molecular weight is 390 g/mol. The van der Waals surface area contributed by atoms with Gasteiger partial charge in [0, 0.05) is 24.3 Å². The van der Waals surface area contributed by atoms with E-state index in [1.807, 2.05) is 43.2 Å². The van der Waals surface area contributed by atoms with Crippen molar-refractivity contribution < 1.29 is 5.11 Å². The fraction of sp³-hybridized carbons (Fsp3) is 0.318. The van der Waals surface area contributed by atoms with Crippen LogP contribution in [0.1, 0.15) is 36.8 Å². The summed E-state index contributed by atoms with van der Waals surface area (Å²) in [6, 6.07) is 9.65. The lowest BCUT2D eigenvalue weighted by atomic mass is 10.1. The summed E-state index contributed by atoms with van der Waals surface area (Å²) in [7, 11) is 0. The zero-order valence-electron chi connectivity index (χ0n) is 17.2. The molecule has 2 N–H and O–H groups in total. The Morgan fingerprint density at radius 3 is 2.48 bits per heavy atom. The minimum atomic E-state index is 0.281. The largest absolute Gasteiger partial charge is 0.508 e. The van der Waals surface area contributed by atoms with E-state index in [1.165, 1.54) is 0 Å². The lowest BCUT2D eigenvalue weighted by Gasteiger charge is -2.13. The van der Waals surface area contributed by atoms with Crippen molar-refractivity contribution in [3.8, 4) is 11.6 Å². The van der Waals surface area contributed by atoms with E-state index in [0.717, 1.165) is 46.0 Å². The molecule has 0 spiro atoms. The van der Waals surface area contributed by atoms with Crippen LogP contribution >= 0.6 is 0 Å². The highest BCUT2D eigenvalue weighted by Gasteiger charge is 2.15. The summed E-state index contributed by atoms with van der Waals surface area (Å²) in [5, 5.41) is 12.9. The molecular formula is C22H26N6O. The number of aryl methyl sites for hydroxylation is 1. The van der Waals surface area contributed by atoms with Crippen LogP contribution in [0.25, 0.3) is 16.9 Å². The molecule has 4 rings (SSSR count). The number of benzene rings is 1.